The second-order valence-electron chi connectivity index (χ2n) is 1.35. The van der Waals surface area contributed by atoms with E-state index in [4.69, 9.17) is 0 Å². The summed E-state index contributed by atoms with van der Waals surface area (Å²) in [6.07, 6.45) is 0. The molecule has 0 saturated carbocycles. The van der Waals surface area contributed by atoms with Crippen molar-refractivity contribution in [3.63, 3.8) is 0 Å². The van der Waals surface area contributed by atoms with Gasteiger partial charge in [0, 0.05) is 6.54 Å². The first kappa shape index (κ1) is 5.02. The largest absolute Gasteiger partial charge is 0.243 e. The molecule has 0 amide bonds. The zero-order valence-electron chi connectivity index (χ0n) is 3.64. The highest BCUT2D eigenvalue weighted by Crippen LogP contribution is 1.84. The summed E-state index contributed by atoms with van der Waals surface area (Å²) in [5.74, 6) is 0.201. The first-order valence-electron chi connectivity index (χ1n) is 1.93. The minimum atomic E-state index is -2.91. The average Bonchev–Trinajstić information content (AvgIpc) is 1.84. The van der Waals surface area contributed by atoms with E-state index < -0.39 is 10.0 Å². The molecule has 1 aliphatic rings. The van der Waals surface area contributed by atoms with Crippen molar-refractivity contribution in [3.05, 3.63) is 0 Å². The Morgan fingerprint density at radius 1 is 1.43 bits per heavy atom. The summed E-state index contributed by atoms with van der Waals surface area (Å²) in [6, 6.07) is 0. The first-order valence-corrected chi connectivity index (χ1v) is 3.58. The molecule has 0 aromatic carbocycles. The fourth-order valence-corrected chi connectivity index (χ4v) is 1.19. The molecule has 0 atom stereocenters. The lowest BCUT2D eigenvalue weighted by molar-refractivity contribution is 0.587. The Morgan fingerprint density at radius 2 is 2.14 bits per heavy atom. The molecule has 5 heteroatoms. The maximum atomic E-state index is 10.3. The third kappa shape index (κ3) is 1.12. The molecule has 0 bridgehead atoms. The summed E-state index contributed by atoms with van der Waals surface area (Å²) < 4.78 is 20.5. The van der Waals surface area contributed by atoms with Gasteiger partial charge in [0.15, 0.2) is 0 Å². The smallest absolute Gasteiger partial charge is 0.225 e. The molecule has 0 radical (unpaired) electrons. The second kappa shape index (κ2) is 1.43. The number of hydrogen-bond donors (Lipinski definition) is 2. The Bertz CT molecular complexity index is 137. The van der Waals surface area contributed by atoms with E-state index in [-0.39, 0.29) is 5.75 Å². The highest BCUT2D eigenvalue weighted by atomic mass is 32.2. The molecule has 1 rings (SSSR count). The summed E-state index contributed by atoms with van der Waals surface area (Å²) in [6.45, 7) is 0.516. The molecule has 1 heterocycles. The topological polar surface area (TPSA) is 58.2 Å². The lowest BCUT2D eigenvalue weighted by Gasteiger charge is -1.85. The van der Waals surface area contributed by atoms with Gasteiger partial charge >= 0.3 is 0 Å². The summed E-state index contributed by atoms with van der Waals surface area (Å²) >= 11 is 0. The monoisotopic (exact) mass is 122 g/mol. The van der Waals surface area contributed by atoms with Crippen molar-refractivity contribution in [2.75, 3.05) is 12.3 Å². The third-order valence-electron chi connectivity index (χ3n) is 0.723. The van der Waals surface area contributed by atoms with E-state index in [1.54, 1.807) is 0 Å². The van der Waals surface area contributed by atoms with Gasteiger partial charge < -0.3 is 0 Å². The Balaban J connectivity index is 2.76. The third-order valence-corrected chi connectivity index (χ3v) is 1.92. The maximum Gasteiger partial charge on any atom is 0.225 e. The normalized spacial score (nSPS) is 28.0. The van der Waals surface area contributed by atoms with Crippen LogP contribution in [0, 0.1) is 0 Å². The molecule has 42 valence electrons. The van der Waals surface area contributed by atoms with Crippen molar-refractivity contribution in [1.29, 1.82) is 0 Å². The van der Waals surface area contributed by atoms with Crippen LogP contribution in [0.3, 0.4) is 0 Å². The van der Waals surface area contributed by atoms with Gasteiger partial charge in [0.1, 0.15) is 0 Å². The fraction of sp³-hybridized carbons (Fsp3) is 1.00. The molecule has 1 fully saturated rings. The van der Waals surface area contributed by atoms with E-state index in [0.717, 1.165) is 0 Å². The van der Waals surface area contributed by atoms with Crippen LogP contribution >= 0.6 is 0 Å². The van der Waals surface area contributed by atoms with Gasteiger partial charge in [-0.3, -0.25) is 0 Å². The lowest BCUT2D eigenvalue weighted by atomic mass is 10.8. The highest BCUT2D eigenvalue weighted by Gasteiger charge is 2.14. The molecule has 1 aliphatic heterocycles. The zero-order valence-corrected chi connectivity index (χ0v) is 4.46. The molecule has 4 nitrogen and oxygen atoms in total. The van der Waals surface area contributed by atoms with E-state index in [1.165, 1.54) is 0 Å². The lowest BCUT2D eigenvalue weighted by Crippen LogP contribution is -2.25. The first-order chi connectivity index (χ1) is 3.21. The quantitative estimate of drug-likeness (QED) is 0.408. The predicted octanol–water partition coefficient (Wildman–Crippen LogP) is -1.58. The van der Waals surface area contributed by atoms with Gasteiger partial charge in [-0.25, -0.2) is 13.8 Å². The Hall–Kier alpha value is -0.130. The van der Waals surface area contributed by atoms with Crippen molar-refractivity contribution in [1.82, 2.24) is 10.3 Å². The molecule has 0 unspecified atom stereocenters. The van der Waals surface area contributed by atoms with E-state index in [9.17, 15) is 8.42 Å². The number of hydrogen-bond acceptors (Lipinski definition) is 3. The SMILES string of the molecule is O=S1(=O)CCNN1. The highest BCUT2D eigenvalue weighted by molar-refractivity contribution is 7.89. The van der Waals surface area contributed by atoms with Gasteiger partial charge in [0.25, 0.3) is 0 Å². The summed E-state index contributed by atoms with van der Waals surface area (Å²) in [4.78, 5) is 2.12. The van der Waals surface area contributed by atoms with Crippen LogP contribution in [-0.4, -0.2) is 20.7 Å². The van der Waals surface area contributed by atoms with Crippen LogP contribution in [0.1, 0.15) is 0 Å². The van der Waals surface area contributed by atoms with Gasteiger partial charge in [-0.05, 0) is 0 Å². The maximum absolute atomic E-state index is 10.3. The van der Waals surface area contributed by atoms with Gasteiger partial charge in [0.2, 0.25) is 10.0 Å². The molecule has 0 aromatic rings. The second-order valence-corrected chi connectivity index (χ2v) is 3.19. The molecule has 1 saturated heterocycles. The van der Waals surface area contributed by atoms with Gasteiger partial charge in [-0.15, -0.1) is 0 Å². The van der Waals surface area contributed by atoms with Crippen LogP contribution in [0.25, 0.3) is 0 Å². The molecule has 0 spiro atoms. The molecule has 2 N–H and O–H groups in total. The number of sulfonamides is 1. The zero-order chi connectivity index (χ0) is 5.33. The van der Waals surface area contributed by atoms with Crippen LogP contribution in [0.4, 0.5) is 0 Å². The Morgan fingerprint density at radius 3 is 2.29 bits per heavy atom. The summed E-state index contributed by atoms with van der Waals surface area (Å²) in [7, 11) is -2.91. The van der Waals surface area contributed by atoms with Crippen molar-refractivity contribution in [2.24, 2.45) is 0 Å². The minimum Gasteiger partial charge on any atom is -0.243 e. The Kier molecular flexibility index (Phi) is 1.02. The number of rotatable bonds is 0. The van der Waals surface area contributed by atoms with E-state index in [1.807, 2.05) is 0 Å². The van der Waals surface area contributed by atoms with Gasteiger partial charge in [-0.1, -0.05) is 0 Å². The molecule has 0 aromatic heterocycles. The molecule has 7 heavy (non-hydrogen) atoms. The predicted molar refractivity (Wildman–Crippen MR) is 24.9 cm³/mol. The van der Waals surface area contributed by atoms with E-state index in [0.29, 0.717) is 6.54 Å². The van der Waals surface area contributed by atoms with Crippen LogP contribution < -0.4 is 10.3 Å². The fourth-order valence-electron chi connectivity index (χ4n) is 0.397. The van der Waals surface area contributed by atoms with Crippen LogP contribution in [0.2, 0.25) is 0 Å². The molecule has 0 aliphatic carbocycles. The molecular formula is C2H6N2O2S. The van der Waals surface area contributed by atoms with Crippen LogP contribution in [0.15, 0.2) is 0 Å². The van der Waals surface area contributed by atoms with Gasteiger partial charge in [0.05, 0.1) is 5.75 Å². The van der Waals surface area contributed by atoms with E-state index in [2.05, 4.69) is 10.3 Å². The van der Waals surface area contributed by atoms with Crippen molar-refractivity contribution < 1.29 is 8.42 Å². The standard InChI is InChI=1S/C2H6N2O2S/c5-7(6)2-1-3-4-7/h3-4H,1-2H2. The number of nitrogens with one attached hydrogen (secondary N) is 2. The Labute approximate surface area is 41.9 Å². The van der Waals surface area contributed by atoms with Gasteiger partial charge in [-0.2, -0.15) is 4.83 Å². The van der Waals surface area contributed by atoms with Crippen molar-refractivity contribution >= 4 is 10.0 Å². The minimum absolute atomic E-state index is 0.201. The van der Waals surface area contributed by atoms with Crippen molar-refractivity contribution in [2.45, 2.75) is 0 Å². The average molecular weight is 122 g/mol. The summed E-state index contributed by atoms with van der Waals surface area (Å²) in [5.41, 5.74) is 2.47. The summed E-state index contributed by atoms with van der Waals surface area (Å²) in [5, 5.41) is 0. The number of hydrazine groups is 1. The molecular weight excluding hydrogens is 116 g/mol. The van der Waals surface area contributed by atoms with Crippen LogP contribution in [0.5, 0.6) is 0 Å². The van der Waals surface area contributed by atoms with Crippen molar-refractivity contribution in [3.8, 4) is 0 Å². The van der Waals surface area contributed by atoms with Crippen LogP contribution in [-0.2, 0) is 10.0 Å². The van der Waals surface area contributed by atoms with E-state index >= 15 is 0 Å².